The number of ether oxygens (including phenoxy) is 2. The van der Waals surface area contributed by atoms with Gasteiger partial charge in [-0.1, -0.05) is 13.0 Å². The number of allylic oxidation sites excluding steroid dienone is 2. The van der Waals surface area contributed by atoms with Gasteiger partial charge in [-0.25, -0.2) is 4.98 Å². The molecule has 1 aliphatic rings. The first-order valence-electron chi connectivity index (χ1n) is 8.02. The lowest BCUT2D eigenvalue weighted by Gasteiger charge is -2.12. The van der Waals surface area contributed by atoms with E-state index in [0.29, 0.717) is 5.95 Å². The Labute approximate surface area is 141 Å². The molecule has 6 nitrogen and oxygen atoms in total. The molecule has 0 amide bonds. The highest BCUT2D eigenvalue weighted by atomic mass is 16.7. The fourth-order valence-corrected chi connectivity index (χ4v) is 2.67. The van der Waals surface area contributed by atoms with E-state index >= 15 is 0 Å². The Morgan fingerprint density at radius 2 is 2.08 bits per heavy atom. The minimum atomic E-state index is 0.246. The lowest BCUT2D eigenvalue weighted by Crippen LogP contribution is -2.02. The van der Waals surface area contributed by atoms with Gasteiger partial charge in [-0.15, -0.1) is 0 Å². The van der Waals surface area contributed by atoms with Crippen molar-refractivity contribution in [2.75, 3.05) is 24.5 Å². The molecule has 2 heterocycles. The van der Waals surface area contributed by atoms with Crippen molar-refractivity contribution in [1.82, 2.24) is 9.97 Å². The summed E-state index contributed by atoms with van der Waals surface area (Å²) < 4.78 is 11.2. The molecular formula is C18H22N4O2. The van der Waals surface area contributed by atoms with E-state index in [-0.39, 0.29) is 6.79 Å². The summed E-state index contributed by atoms with van der Waals surface area (Å²) in [4.78, 5) is 8.86. The molecule has 3 rings (SSSR count). The standard InChI is InChI=1S/C18H22N4O2/c1-5-6-11(2)14-8-13(9-15-17(14)24-10-23-15)21-18-20-12(3)7-16(19-4)22-18/h6-9H,5,10H2,1-4H3,(H2,19,20,21,22)/b11-6+. The summed E-state index contributed by atoms with van der Waals surface area (Å²) in [6.07, 6.45) is 3.13. The maximum Gasteiger partial charge on any atom is 0.231 e. The Bertz CT molecular complexity index is 787. The van der Waals surface area contributed by atoms with Gasteiger partial charge in [0.1, 0.15) is 5.82 Å². The Morgan fingerprint density at radius 1 is 1.25 bits per heavy atom. The van der Waals surface area contributed by atoms with Gasteiger partial charge in [0.05, 0.1) is 0 Å². The third-order valence-corrected chi connectivity index (χ3v) is 3.77. The van der Waals surface area contributed by atoms with Crippen LogP contribution in [0.5, 0.6) is 11.5 Å². The molecule has 126 valence electrons. The minimum Gasteiger partial charge on any atom is -0.453 e. The van der Waals surface area contributed by atoms with Crippen LogP contribution in [0.2, 0.25) is 0 Å². The molecule has 0 atom stereocenters. The van der Waals surface area contributed by atoms with Gasteiger partial charge in [-0.2, -0.15) is 4.98 Å². The first kappa shape index (κ1) is 16.1. The number of aryl methyl sites for hydroxylation is 1. The molecule has 1 aliphatic heterocycles. The van der Waals surface area contributed by atoms with Crippen molar-refractivity contribution in [1.29, 1.82) is 0 Å². The Hall–Kier alpha value is -2.76. The number of benzene rings is 1. The predicted octanol–water partition coefficient (Wildman–Crippen LogP) is 4.11. The van der Waals surface area contributed by atoms with Crippen LogP contribution >= 0.6 is 0 Å². The molecule has 0 bridgehead atoms. The maximum absolute atomic E-state index is 5.63. The summed E-state index contributed by atoms with van der Waals surface area (Å²) in [6, 6.07) is 5.85. The van der Waals surface area contributed by atoms with E-state index in [2.05, 4.69) is 40.5 Å². The van der Waals surface area contributed by atoms with Crippen LogP contribution in [-0.4, -0.2) is 23.8 Å². The summed E-state index contributed by atoms with van der Waals surface area (Å²) in [7, 11) is 1.84. The largest absolute Gasteiger partial charge is 0.453 e. The number of aromatic nitrogens is 2. The van der Waals surface area contributed by atoms with Crippen LogP contribution in [0.1, 0.15) is 31.5 Å². The van der Waals surface area contributed by atoms with Crippen LogP contribution in [0.4, 0.5) is 17.5 Å². The lowest BCUT2D eigenvalue weighted by atomic mass is 10.0. The zero-order valence-corrected chi connectivity index (χ0v) is 14.4. The highest BCUT2D eigenvalue weighted by Gasteiger charge is 2.20. The van der Waals surface area contributed by atoms with E-state index in [0.717, 1.165) is 46.3 Å². The van der Waals surface area contributed by atoms with Crippen molar-refractivity contribution < 1.29 is 9.47 Å². The zero-order valence-electron chi connectivity index (χ0n) is 14.4. The van der Waals surface area contributed by atoms with Crippen molar-refractivity contribution in [2.24, 2.45) is 0 Å². The average molecular weight is 326 g/mol. The summed E-state index contributed by atoms with van der Waals surface area (Å²) in [5, 5.41) is 6.30. The zero-order chi connectivity index (χ0) is 17.1. The minimum absolute atomic E-state index is 0.246. The quantitative estimate of drug-likeness (QED) is 0.862. The molecule has 0 radical (unpaired) electrons. The molecule has 0 saturated heterocycles. The number of hydrogen-bond acceptors (Lipinski definition) is 6. The SMILES string of the molecule is CC/C=C(\C)c1cc(Nc2nc(C)cc(NC)n2)cc2c1OCO2. The van der Waals surface area contributed by atoms with Gasteiger partial charge in [-0.3, -0.25) is 0 Å². The topological polar surface area (TPSA) is 68.3 Å². The summed E-state index contributed by atoms with van der Waals surface area (Å²) in [5.74, 6) is 2.85. The molecule has 2 N–H and O–H groups in total. The summed E-state index contributed by atoms with van der Waals surface area (Å²) >= 11 is 0. The molecule has 1 aromatic heterocycles. The molecule has 0 aliphatic carbocycles. The van der Waals surface area contributed by atoms with E-state index in [9.17, 15) is 0 Å². The fraction of sp³-hybridized carbons (Fsp3) is 0.333. The number of anilines is 3. The monoisotopic (exact) mass is 326 g/mol. The number of rotatable bonds is 5. The number of nitrogens with zero attached hydrogens (tertiary/aromatic N) is 2. The Balaban J connectivity index is 1.99. The second-order valence-electron chi connectivity index (χ2n) is 5.65. The Kier molecular flexibility index (Phi) is 4.55. The number of hydrogen-bond donors (Lipinski definition) is 2. The van der Waals surface area contributed by atoms with Crippen LogP contribution in [0.25, 0.3) is 5.57 Å². The highest BCUT2D eigenvalue weighted by Crippen LogP contribution is 2.42. The summed E-state index contributed by atoms with van der Waals surface area (Å²) in [5.41, 5.74) is 3.94. The van der Waals surface area contributed by atoms with Crippen molar-refractivity contribution in [3.05, 3.63) is 35.5 Å². The van der Waals surface area contributed by atoms with Gasteiger partial charge in [0.2, 0.25) is 12.7 Å². The first-order chi connectivity index (χ1) is 11.6. The highest BCUT2D eigenvalue weighted by molar-refractivity contribution is 5.77. The second kappa shape index (κ2) is 6.78. The van der Waals surface area contributed by atoms with Crippen molar-refractivity contribution in [2.45, 2.75) is 27.2 Å². The smallest absolute Gasteiger partial charge is 0.231 e. The van der Waals surface area contributed by atoms with Gasteiger partial charge in [0, 0.05) is 36.1 Å². The van der Waals surface area contributed by atoms with Gasteiger partial charge >= 0.3 is 0 Å². The molecule has 1 aromatic carbocycles. The predicted molar refractivity (Wildman–Crippen MR) is 96.1 cm³/mol. The second-order valence-corrected chi connectivity index (χ2v) is 5.65. The van der Waals surface area contributed by atoms with E-state index in [1.165, 1.54) is 0 Å². The van der Waals surface area contributed by atoms with E-state index in [1.54, 1.807) is 0 Å². The van der Waals surface area contributed by atoms with E-state index in [4.69, 9.17) is 9.47 Å². The van der Waals surface area contributed by atoms with Crippen molar-refractivity contribution in [3.8, 4) is 11.5 Å². The fourth-order valence-electron chi connectivity index (χ4n) is 2.67. The van der Waals surface area contributed by atoms with E-state index < -0.39 is 0 Å². The normalized spacial score (nSPS) is 13.1. The van der Waals surface area contributed by atoms with Crippen molar-refractivity contribution >= 4 is 23.0 Å². The van der Waals surface area contributed by atoms with Gasteiger partial charge in [0.25, 0.3) is 0 Å². The van der Waals surface area contributed by atoms with Crippen LogP contribution in [0, 0.1) is 6.92 Å². The van der Waals surface area contributed by atoms with Crippen LogP contribution in [0.3, 0.4) is 0 Å². The van der Waals surface area contributed by atoms with Gasteiger partial charge < -0.3 is 20.1 Å². The molecule has 2 aromatic rings. The van der Waals surface area contributed by atoms with Crippen LogP contribution < -0.4 is 20.1 Å². The molecule has 0 unspecified atom stereocenters. The molecular weight excluding hydrogens is 304 g/mol. The van der Waals surface area contributed by atoms with Gasteiger partial charge in [-0.05, 0) is 31.9 Å². The van der Waals surface area contributed by atoms with Crippen LogP contribution in [-0.2, 0) is 0 Å². The molecule has 0 spiro atoms. The van der Waals surface area contributed by atoms with E-state index in [1.807, 2.05) is 32.2 Å². The average Bonchev–Trinajstić information content (AvgIpc) is 3.02. The third-order valence-electron chi connectivity index (χ3n) is 3.77. The van der Waals surface area contributed by atoms with Crippen molar-refractivity contribution in [3.63, 3.8) is 0 Å². The third kappa shape index (κ3) is 3.27. The summed E-state index contributed by atoms with van der Waals surface area (Å²) in [6.45, 7) is 6.37. The molecule has 0 saturated carbocycles. The molecule has 0 fully saturated rings. The molecule has 24 heavy (non-hydrogen) atoms. The van der Waals surface area contributed by atoms with Gasteiger partial charge in [0.15, 0.2) is 11.5 Å². The number of nitrogens with one attached hydrogen (secondary N) is 2. The molecule has 6 heteroatoms. The lowest BCUT2D eigenvalue weighted by molar-refractivity contribution is 0.173. The maximum atomic E-state index is 5.63. The van der Waals surface area contributed by atoms with Crippen LogP contribution in [0.15, 0.2) is 24.3 Å². The number of fused-ring (bicyclic) bond motifs is 1. The first-order valence-corrected chi connectivity index (χ1v) is 8.02. The Morgan fingerprint density at radius 3 is 2.83 bits per heavy atom.